The minimum atomic E-state index is -0.600. The Labute approximate surface area is 211 Å². The van der Waals surface area contributed by atoms with E-state index in [0.29, 0.717) is 32.1 Å². The van der Waals surface area contributed by atoms with Crippen molar-refractivity contribution in [1.29, 1.82) is 0 Å². The number of halogens is 1. The average Bonchev–Trinajstić information content (AvgIpc) is 3.33. The Kier molecular flexibility index (Phi) is 10.1. The van der Waals surface area contributed by atoms with Crippen LogP contribution < -0.4 is 0 Å². The van der Waals surface area contributed by atoms with Gasteiger partial charge in [0.25, 0.3) is 0 Å². The van der Waals surface area contributed by atoms with Gasteiger partial charge in [0, 0.05) is 33.7 Å². The highest BCUT2D eigenvalue weighted by molar-refractivity contribution is 7.19. The van der Waals surface area contributed by atoms with Crippen LogP contribution in [0.2, 0.25) is 5.02 Å². The minimum Gasteiger partial charge on any atom is -0.469 e. The van der Waals surface area contributed by atoms with Crippen LogP contribution in [0.5, 0.6) is 0 Å². The van der Waals surface area contributed by atoms with Crippen LogP contribution >= 0.6 is 22.9 Å². The SMILES string of the molecule is C=C[C@@H]1CC(=O)[C@H](CC=CCCCC(=O)OC)[C@H]1C=CC(O)CCc1sc2ccccc2c1Cl. The van der Waals surface area contributed by atoms with E-state index in [1.54, 1.807) is 11.3 Å². The maximum atomic E-state index is 12.6. The van der Waals surface area contributed by atoms with Gasteiger partial charge in [0.15, 0.2) is 0 Å². The van der Waals surface area contributed by atoms with E-state index in [0.717, 1.165) is 32.8 Å². The highest BCUT2D eigenvalue weighted by Gasteiger charge is 2.38. The number of aliphatic hydroxyl groups excluding tert-OH is 1. The van der Waals surface area contributed by atoms with Crippen molar-refractivity contribution in [3.05, 3.63) is 71.1 Å². The molecule has 1 aliphatic carbocycles. The average molecular weight is 501 g/mol. The summed E-state index contributed by atoms with van der Waals surface area (Å²) in [6.07, 6.45) is 13.5. The monoisotopic (exact) mass is 500 g/mol. The molecule has 0 saturated heterocycles. The summed E-state index contributed by atoms with van der Waals surface area (Å²) in [6.45, 7) is 3.92. The molecule has 4 nitrogen and oxygen atoms in total. The molecule has 1 saturated carbocycles. The number of carbonyl (C=O) groups is 2. The van der Waals surface area contributed by atoms with Crippen LogP contribution in [-0.2, 0) is 20.7 Å². The molecule has 34 heavy (non-hydrogen) atoms. The molecule has 2 aromatic rings. The molecule has 1 aromatic carbocycles. The van der Waals surface area contributed by atoms with Gasteiger partial charge in [0.1, 0.15) is 5.78 Å². The number of ether oxygens (including phenoxy) is 1. The zero-order valence-corrected chi connectivity index (χ0v) is 21.2. The smallest absolute Gasteiger partial charge is 0.305 e. The van der Waals surface area contributed by atoms with Crippen LogP contribution in [0, 0.1) is 17.8 Å². The van der Waals surface area contributed by atoms with Gasteiger partial charge in [0.2, 0.25) is 0 Å². The van der Waals surface area contributed by atoms with Crippen molar-refractivity contribution < 1.29 is 19.4 Å². The molecule has 0 bridgehead atoms. The molecule has 1 fully saturated rings. The Morgan fingerprint density at radius 1 is 1.35 bits per heavy atom. The molecule has 6 heteroatoms. The number of benzene rings is 1. The lowest BCUT2D eigenvalue weighted by Gasteiger charge is -2.18. The molecule has 1 aromatic heterocycles. The van der Waals surface area contributed by atoms with Crippen molar-refractivity contribution in [3.8, 4) is 0 Å². The summed E-state index contributed by atoms with van der Waals surface area (Å²) in [5.41, 5.74) is 0. The highest BCUT2D eigenvalue weighted by atomic mass is 35.5. The molecular formula is C28H33ClO4S. The second kappa shape index (κ2) is 13.0. The van der Waals surface area contributed by atoms with Gasteiger partial charge in [-0.3, -0.25) is 9.59 Å². The van der Waals surface area contributed by atoms with E-state index < -0.39 is 6.10 Å². The standard InChI is InChI=1S/C28H33ClO4S/c1-3-19-18-24(31)22(10-6-4-5-7-13-27(32)33-2)21(19)16-14-20(30)15-17-26-28(29)23-11-8-9-12-25(23)34-26/h3-4,6,8-9,11-12,14,16,19-22,30H,1,5,7,10,13,15,17-18H2,2H3/t19-,20?,21+,22-/m1/s1. The number of hydrogen-bond acceptors (Lipinski definition) is 5. The summed E-state index contributed by atoms with van der Waals surface area (Å²) < 4.78 is 5.81. The highest BCUT2D eigenvalue weighted by Crippen LogP contribution is 2.39. The number of carbonyl (C=O) groups excluding carboxylic acids is 2. The number of hydrogen-bond donors (Lipinski definition) is 1. The lowest BCUT2D eigenvalue weighted by molar-refractivity contribution is -0.140. The number of unbranched alkanes of at least 4 members (excludes halogenated alkanes) is 1. The number of fused-ring (bicyclic) bond motifs is 1. The Balaban J connectivity index is 1.55. The number of aliphatic hydroxyl groups is 1. The van der Waals surface area contributed by atoms with Crippen molar-refractivity contribution >= 4 is 44.8 Å². The number of aryl methyl sites for hydroxylation is 1. The van der Waals surface area contributed by atoms with E-state index in [1.165, 1.54) is 7.11 Å². The van der Waals surface area contributed by atoms with Crippen LogP contribution in [0.4, 0.5) is 0 Å². The molecule has 0 amide bonds. The van der Waals surface area contributed by atoms with Crippen LogP contribution in [0.3, 0.4) is 0 Å². The van der Waals surface area contributed by atoms with Gasteiger partial charge in [-0.25, -0.2) is 0 Å². The molecule has 1 heterocycles. The largest absolute Gasteiger partial charge is 0.469 e. The van der Waals surface area contributed by atoms with Crippen molar-refractivity contribution in [2.24, 2.45) is 17.8 Å². The third-order valence-corrected chi connectivity index (χ3v) is 8.25. The lowest BCUT2D eigenvalue weighted by Crippen LogP contribution is -2.15. The molecule has 1 N–H and O–H groups in total. The molecule has 0 radical (unpaired) electrons. The van der Waals surface area contributed by atoms with E-state index in [-0.39, 0.29) is 29.5 Å². The molecule has 1 aliphatic rings. The van der Waals surface area contributed by atoms with Crippen molar-refractivity contribution in [2.45, 2.75) is 51.0 Å². The first kappa shape index (κ1) is 26.4. The van der Waals surface area contributed by atoms with Gasteiger partial charge >= 0.3 is 5.97 Å². The molecule has 0 aliphatic heterocycles. The van der Waals surface area contributed by atoms with Gasteiger partial charge in [-0.1, -0.05) is 60.2 Å². The van der Waals surface area contributed by atoms with Crippen LogP contribution in [0.15, 0.2) is 61.2 Å². The minimum absolute atomic E-state index is 0.0345. The topological polar surface area (TPSA) is 63.6 Å². The number of rotatable bonds is 12. The first-order valence-corrected chi connectivity index (χ1v) is 13.0. The fourth-order valence-corrected chi connectivity index (χ4v) is 6.07. The number of Topliss-reactive ketones (excluding diaryl/α,β-unsaturated/α-hetero) is 1. The van der Waals surface area contributed by atoms with Crippen LogP contribution in [-0.4, -0.2) is 30.1 Å². The fourth-order valence-electron chi connectivity index (χ4n) is 4.52. The number of esters is 1. The van der Waals surface area contributed by atoms with Gasteiger partial charge in [-0.2, -0.15) is 0 Å². The quantitative estimate of drug-likeness (QED) is 0.200. The van der Waals surface area contributed by atoms with Crippen LogP contribution in [0.1, 0.15) is 43.4 Å². The second-order valence-electron chi connectivity index (χ2n) is 8.76. The third kappa shape index (κ3) is 6.91. The Morgan fingerprint density at radius 3 is 2.88 bits per heavy atom. The molecule has 1 unspecified atom stereocenters. The maximum absolute atomic E-state index is 12.6. The Morgan fingerprint density at radius 2 is 2.15 bits per heavy atom. The van der Waals surface area contributed by atoms with Gasteiger partial charge in [-0.15, -0.1) is 17.9 Å². The van der Waals surface area contributed by atoms with Crippen molar-refractivity contribution in [2.75, 3.05) is 7.11 Å². The summed E-state index contributed by atoms with van der Waals surface area (Å²) >= 11 is 8.20. The number of methoxy groups -OCH3 is 1. The lowest BCUT2D eigenvalue weighted by atomic mass is 9.86. The predicted octanol–water partition coefficient (Wildman–Crippen LogP) is 6.70. The summed E-state index contributed by atoms with van der Waals surface area (Å²) in [5.74, 6) is 0.0511. The molecular weight excluding hydrogens is 468 g/mol. The number of thiophene rings is 1. The molecule has 3 rings (SSSR count). The third-order valence-electron chi connectivity index (χ3n) is 6.47. The Hall–Kier alpha value is -2.21. The Bertz CT molecular complexity index is 1050. The number of allylic oxidation sites excluding steroid dienone is 4. The summed E-state index contributed by atoms with van der Waals surface area (Å²) in [5, 5.41) is 12.4. The summed E-state index contributed by atoms with van der Waals surface area (Å²) in [6, 6.07) is 8.07. The number of ketones is 1. The maximum Gasteiger partial charge on any atom is 0.305 e. The van der Waals surface area contributed by atoms with E-state index in [2.05, 4.69) is 17.4 Å². The van der Waals surface area contributed by atoms with E-state index in [9.17, 15) is 14.7 Å². The molecule has 4 atom stereocenters. The second-order valence-corrected chi connectivity index (χ2v) is 10.3. The fraction of sp³-hybridized carbons (Fsp3) is 0.429. The van der Waals surface area contributed by atoms with E-state index in [1.807, 2.05) is 48.6 Å². The van der Waals surface area contributed by atoms with Crippen molar-refractivity contribution in [3.63, 3.8) is 0 Å². The van der Waals surface area contributed by atoms with Gasteiger partial charge in [-0.05, 0) is 50.0 Å². The zero-order valence-electron chi connectivity index (χ0n) is 19.6. The van der Waals surface area contributed by atoms with Crippen LogP contribution in [0.25, 0.3) is 10.1 Å². The van der Waals surface area contributed by atoms with Gasteiger partial charge < -0.3 is 9.84 Å². The van der Waals surface area contributed by atoms with E-state index >= 15 is 0 Å². The van der Waals surface area contributed by atoms with Gasteiger partial charge in [0.05, 0.1) is 18.2 Å². The summed E-state index contributed by atoms with van der Waals surface area (Å²) in [4.78, 5) is 24.9. The molecule has 0 spiro atoms. The predicted molar refractivity (Wildman–Crippen MR) is 140 cm³/mol. The normalized spacial score (nSPS) is 21.6. The van der Waals surface area contributed by atoms with Crippen molar-refractivity contribution in [1.82, 2.24) is 0 Å². The first-order valence-electron chi connectivity index (χ1n) is 11.8. The zero-order chi connectivity index (χ0) is 24.5. The summed E-state index contributed by atoms with van der Waals surface area (Å²) in [7, 11) is 1.39. The van der Waals surface area contributed by atoms with E-state index in [4.69, 9.17) is 11.6 Å². The molecule has 182 valence electrons. The first-order chi connectivity index (χ1) is 16.4.